The van der Waals surface area contributed by atoms with Crippen LogP contribution in [0.15, 0.2) is 18.2 Å². The number of alkyl halides is 2. The number of urea groups is 1. The number of nitrogens with one attached hydrogen (secondary N) is 1. The molecule has 0 atom stereocenters. The van der Waals surface area contributed by atoms with Crippen molar-refractivity contribution in [1.29, 1.82) is 0 Å². The van der Waals surface area contributed by atoms with Crippen LogP contribution >= 0.6 is 0 Å². The monoisotopic (exact) mass is 300 g/mol. The summed E-state index contributed by atoms with van der Waals surface area (Å²) in [5.41, 5.74) is 0.118. The molecule has 1 aromatic carbocycles. The van der Waals surface area contributed by atoms with Crippen LogP contribution in [0.1, 0.15) is 38.2 Å². The van der Waals surface area contributed by atoms with E-state index in [2.05, 4.69) is 12.2 Å². The molecule has 2 amide bonds. The van der Waals surface area contributed by atoms with Crippen molar-refractivity contribution >= 4 is 11.7 Å². The number of rotatable bonds is 7. The minimum Gasteiger partial charge on any atom is -0.493 e. The maximum absolute atomic E-state index is 13.1. The summed E-state index contributed by atoms with van der Waals surface area (Å²) in [7, 11) is 3.16. The zero-order chi connectivity index (χ0) is 15.8. The second kappa shape index (κ2) is 8.44. The third-order valence-corrected chi connectivity index (χ3v) is 2.91. The third kappa shape index (κ3) is 5.57. The second-order valence-corrected chi connectivity index (χ2v) is 4.93. The minimum atomic E-state index is -2.65. The average molecular weight is 300 g/mol. The van der Waals surface area contributed by atoms with Crippen LogP contribution in [-0.4, -0.2) is 31.6 Å². The van der Waals surface area contributed by atoms with Gasteiger partial charge in [0.2, 0.25) is 0 Å². The molecule has 0 aromatic heterocycles. The van der Waals surface area contributed by atoms with Crippen LogP contribution in [0, 0.1) is 0 Å². The predicted molar refractivity (Wildman–Crippen MR) is 79.1 cm³/mol. The summed E-state index contributed by atoms with van der Waals surface area (Å²) in [5.74, 6) is 0.170. The molecule has 0 saturated carbocycles. The van der Waals surface area contributed by atoms with E-state index in [0.29, 0.717) is 12.3 Å². The van der Waals surface area contributed by atoms with Gasteiger partial charge in [-0.1, -0.05) is 19.8 Å². The first-order valence-corrected chi connectivity index (χ1v) is 6.99. The van der Waals surface area contributed by atoms with Gasteiger partial charge in [-0.3, -0.25) is 0 Å². The number of anilines is 1. The summed E-state index contributed by atoms with van der Waals surface area (Å²) >= 11 is 0. The Morgan fingerprint density at radius 1 is 1.33 bits per heavy atom. The molecule has 4 nitrogen and oxygen atoms in total. The second-order valence-electron chi connectivity index (χ2n) is 4.93. The molecule has 118 valence electrons. The summed E-state index contributed by atoms with van der Waals surface area (Å²) in [4.78, 5) is 12.8. The van der Waals surface area contributed by atoms with Gasteiger partial charge in [0.25, 0.3) is 6.43 Å². The first-order valence-electron chi connectivity index (χ1n) is 6.99. The molecule has 0 unspecified atom stereocenters. The van der Waals surface area contributed by atoms with Crippen LogP contribution < -0.4 is 10.1 Å². The van der Waals surface area contributed by atoms with E-state index in [1.807, 2.05) is 0 Å². The van der Waals surface area contributed by atoms with Gasteiger partial charge >= 0.3 is 6.03 Å². The van der Waals surface area contributed by atoms with Crippen molar-refractivity contribution in [3.8, 4) is 5.75 Å². The number of nitrogens with zero attached hydrogens (tertiary/aromatic N) is 1. The summed E-state index contributed by atoms with van der Waals surface area (Å²) in [6.07, 6.45) is 0.224. The maximum atomic E-state index is 13.1. The number of benzene rings is 1. The quantitative estimate of drug-likeness (QED) is 0.763. The van der Waals surface area contributed by atoms with Crippen molar-refractivity contribution in [3.05, 3.63) is 23.8 Å². The highest BCUT2D eigenvalue weighted by atomic mass is 19.3. The van der Waals surface area contributed by atoms with Gasteiger partial charge in [0, 0.05) is 19.8 Å². The van der Waals surface area contributed by atoms with Crippen molar-refractivity contribution in [2.45, 2.75) is 32.6 Å². The van der Waals surface area contributed by atoms with E-state index in [4.69, 9.17) is 4.74 Å². The van der Waals surface area contributed by atoms with E-state index >= 15 is 0 Å². The van der Waals surface area contributed by atoms with Crippen molar-refractivity contribution in [1.82, 2.24) is 4.90 Å². The van der Waals surface area contributed by atoms with E-state index in [-0.39, 0.29) is 17.3 Å². The normalized spacial score (nSPS) is 10.6. The molecule has 1 aromatic rings. The molecule has 0 heterocycles. The van der Waals surface area contributed by atoms with Crippen LogP contribution in [0.2, 0.25) is 0 Å². The fourth-order valence-corrected chi connectivity index (χ4v) is 1.70. The van der Waals surface area contributed by atoms with Crippen molar-refractivity contribution in [3.63, 3.8) is 0 Å². The van der Waals surface area contributed by atoms with Crippen LogP contribution in [0.4, 0.5) is 19.3 Å². The van der Waals surface area contributed by atoms with E-state index in [9.17, 15) is 13.6 Å². The first kappa shape index (κ1) is 17.2. The summed E-state index contributed by atoms with van der Waals surface area (Å²) in [6.45, 7) is 2.48. The maximum Gasteiger partial charge on any atom is 0.321 e. The SMILES string of the molecule is CCCCCOc1ccc(NC(=O)N(C)C)cc1C(F)F. The smallest absolute Gasteiger partial charge is 0.321 e. The number of hydrogen-bond acceptors (Lipinski definition) is 2. The fraction of sp³-hybridized carbons (Fsp3) is 0.533. The first-order chi connectivity index (χ1) is 9.95. The zero-order valence-electron chi connectivity index (χ0n) is 12.7. The Hall–Kier alpha value is -1.85. The standard InChI is InChI=1S/C15H22F2N2O2/c1-4-5-6-9-21-13-8-7-11(10-12(13)14(16)17)18-15(20)19(2)3/h7-8,10,14H,4-6,9H2,1-3H3,(H,18,20). The lowest BCUT2D eigenvalue weighted by Crippen LogP contribution is -2.27. The van der Waals surface area contributed by atoms with Crippen LogP contribution in [0.3, 0.4) is 0 Å². The molecule has 21 heavy (non-hydrogen) atoms. The Morgan fingerprint density at radius 2 is 2.05 bits per heavy atom. The van der Waals surface area contributed by atoms with Gasteiger partial charge in [-0.05, 0) is 24.6 Å². The van der Waals surface area contributed by atoms with Crippen molar-refractivity contribution < 1.29 is 18.3 Å². The molecule has 1 rings (SSSR count). The number of unbranched alkanes of at least 4 members (excludes halogenated alkanes) is 2. The highest BCUT2D eigenvalue weighted by Gasteiger charge is 2.16. The van der Waals surface area contributed by atoms with Gasteiger partial charge in [-0.25, -0.2) is 13.6 Å². The van der Waals surface area contributed by atoms with E-state index in [1.54, 1.807) is 20.2 Å². The largest absolute Gasteiger partial charge is 0.493 e. The molecule has 0 radical (unpaired) electrons. The third-order valence-electron chi connectivity index (χ3n) is 2.91. The Morgan fingerprint density at radius 3 is 2.62 bits per heavy atom. The topological polar surface area (TPSA) is 41.6 Å². The molecule has 1 N–H and O–H groups in total. The van der Waals surface area contributed by atoms with Crippen LogP contribution in [0.25, 0.3) is 0 Å². The van der Waals surface area contributed by atoms with Gasteiger partial charge in [0.15, 0.2) is 0 Å². The average Bonchev–Trinajstić information content (AvgIpc) is 2.44. The van der Waals surface area contributed by atoms with E-state index in [0.717, 1.165) is 19.3 Å². The van der Waals surface area contributed by atoms with Gasteiger partial charge in [0.05, 0.1) is 12.2 Å². The zero-order valence-corrected chi connectivity index (χ0v) is 12.7. The molecule has 0 aliphatic rings. The molecule has 0 aliphatic carbocycles. The summed E-state index contributed by atoms with van der Waals surface area (Å²) in [5, 5.41) is 2.54. The van der Waals surface area contributed by atoms with Crippen molar-refractivity contribution in [2.75, 3.05) is 26.0 Å². The molecule has 6 heteroatoms. The molecular formula is C15H22F2N2O2. The molecule has 0 bridgehead atoms. The van der Waals surface area contributed by atoms with Crippen LogP contribution in [0.5, 0.6) is 5.75 Å². The lowest BCUT2D eigenvalue weighted by atomic mass is 10.2. The van der Waals surface area contributed by atoms with E-state index < -0.39 is 6.43 Å². The Kier molecular flexibility index (Phi) is 6.91. The number of ether oxygens (including phenoxy) is 1. The number of halogens is 2. The summed E-state index contributed by atoms with van der Waals surface area (Å²) in [6, 6.07) is 3.91. The molecular weight excluding hydrogens is 278 g/mol. The number of hydrogen-bond donors (Lipinski definition) is 1. The summed E-state index contributed by atoms with van der Waals surface area (Å²) < 4.78 is 31.6. The van der Waals surface area contributed by atoms with Crippen molar-refractivity contribution in [2.24, 2.45) is 0 Å². The Balaban J connectivity index is 2.79. The number of carbonyl (C=O) groups is 1. The van der Waals surface area contributed by atoms with Gasteiger partial charge in [-0.2, -0.15) is 0 Å². The minimum absolute atomic E-state index is 0.170. The number of amides is 2. The lowest BCUT2D eigenvalue weighted by Gasteiger charge is -2.15. The Labute approximate surface area is 124 Å². The van der Waals surface area contributed by atoms with E-state index in [1.165, 1.54) is 17.0 Å². The Bertz CT molecular complexity index is 465. The molecule has 0 saturated heterocycles. The highest BCUT2D eigenvalue weighted by molar-refractivity contribution is 5.89. The van der Waals surface area contributed by atoms with Gasteiger partial charge in [-0.15, -0.1) is 0 Å². The predicted octanol–water partition coefficient (Wildman–Crippen LogP) is 4.29. The fourth-order valence-electron chi connectivity index (χ4n) is 1.70. The lowest BCUT2D eigenvalue weighted by molar-refractivity contribution is 0.145. The number of carbonyl (C=O) groups excluding carboxylic acids is 1. The molecule has 0 aliphatic heterocycles. The van der Waals surface area contributed by atoms with Gasteiger partial charge < -0.3 is 15.0 Å². The molecule has 0 spiro atoms. The highest BCUT2D eigenvalue weighted by Crippen LogP contribution is 2.31. The van der Waals surface area contributed by atoms with Gasteiger partial charge in [0.1, 0.15) is 5.75 Å². The van der Waals surface area contributed by atoms with Crippen LogP contribution in [-0.2, 0) is 0 Å². The molecule has 0 fully saturated rings.